The van der Waals surface area contributed by atoms with Gasteiger partial charge in [-0.2, -0.15) is 0 Å². The Labute approximate surface area is 154 Å². The molecule has 7 heteroatoms. The molecule has 1 aliphatic heterocycles. The lowest BCUT2D eigenvalue weighted by Gasteiger charge is -2.36. The van der Waals surface area contributed by atoms with Crippen molar-refractivity contribution in [2.24, 2.45) is 0 Å². The number of nitrogens with zero attached hydrogens (tertiary/aromatic N) is 2. The first-order valence-electron chi connectivity index (χ1n) is 7.93. The molecule has 0 radical (unpaired) electrons. The number of thiophene rings is 1. The van der Waals surface area contributed by atoms with E-state index in [2.05, 4.69) is 32.2 Å². The van der Waals surface area contributed by atoms with Crippen LogP contribution in [0.5, 0.6) is 5.75 Å². The van der Waals surface area contributed by atoms with Gasteiger partial charge in [0, 0.05) is 49.4 Å². The van der Waals surface area contributed by atoms with Crippen molar-refractivity contribution >= 4 is 39.0 Å². The molecule has 2 heterocycles. The van der Waals surface area contributed by atoms with Crippen molar-refractivity contribution in [2.75, 3.05) is 37.6 Å². The number of aromatic hydroxyl groups is 1. The molecule has 2 amide bonds. The van der Waals surface area contributed by atoms with Crippen LogP contribution < -0.4 is 10.2 Å². The number of nitrogens with one attached hydrogen (secondary N) is 1. The van der Waals surface area contributed by atoms with Gasteiger partial charge in [0.1, 0.15) is 5.75 Å². The molecule has 0 atom stereocenters. The van der Waals surface area contributed by atoms with Crippen molar-refractivity contribution in [1.29, 1.82) is 0 Å². The highest BCUT2D eigenvalue weighted by molar-refractivity contribution is 9.11. The number of hydrogen-bond donors (Lipinski definition) is 2. The summed E-state index contributed by atoms with van der Waals surface area (Å²) in [7, 11) is 0. The summed E-state index contributed by atoms with van der Waals surface area (Å²) >= 11 is 5.15. The first-order valence-corrected chi connectivity index (χ1v) is 9.54. The fourth-order valence-electron chi connectivity index (χ4n) is 2.75. The second-order valence-electron chi connectivity index (χ2n) is 5.68. The predicted octanol–water partition coefficient (Wildman–Crippen LogP) is 3.29. The molecule has 1 aromatic carbocycles. The van der Waals surface area contributed by atoms with Gasteiger partial charge in [0.15, 0.2) is 0 Å². The van der Waals surface area contributed by atoms with Crippen LogP contribution in [0.3, 0.4) is 0 Å². The Morgan fingerprint density at radius 1 is 1.21 bits per heavy atom. The van der Waals surface area contributed by atoms with Crippen molar-refractivity contribution in [1.82, 2.24) is 10.2 Å². The van der Waals surface area contributed by atoms with E-state index in [1.807, 2.05) is 23.1 Å². The number of carbonyl (C=O) groups excluding carboxylic acids is 1. The van der Waals surface area contributed by atoms with Crippen LogP contribution in [0.15, 0.2) is 40.2 Å². The summed E-state index contributed by atoms with van der Waals surface area (Å²) < 4.78 is 1.12. The van der Waals surface area contributed by atoms with E-state index in [9.17, 15) is 9.90 Å². The van der Waals surface area contributed by atoms with E-state index in [-0.39, 0.29) is 11.8 Å². The number of urea groups is 1. The molecule has 0 saturated carbocycles. The number of rotatable bonds is 4. The Kier molecular flexibility index (Phi) is 5.63. The monoisotopic (exact) mass is 409 g/mol. The van der Waals surface area contributed by atoms with Gasteiger partial charge in [0.2, 0.25) is 0 Å². The molecule has 0 spiro atoms. The molecule has 24 heavy (non-hydrogen) atoms. The highest BCUT2D eigenvalue weighted by Crippen LogP contribution is 2.22. The van der Waals surface area contributed by atoms with Crippen molar-refractivity contribution in [3.63, 3.8) is 0 Å². The maximum Gasteiger partial charge on any atom is 0.317 e. The fraction of sp³-hybridized carbons (Fsp3) is 0.353. The first kappa shape index (κ1) is 17.1. The summed E-state index contributed by atoms with van der Waals surface area (Å²) in [5.41, 5.74) is 0.998. The average Bonchev–Trinajstić information content (AvgIpc) is 3.00. The zero-order valence-corrected chi connectivity index (χ0v) is 15.6. The molecule has 3 rings (SSSR count). The van der Waals surface area contributed by atoms with Crippen molar-refractivity contribution in [2.45, 2.75) is 6.42 Å². The SMILES string of the molecule is O=C(NCCc1ccc(Br)s1)N1CCN(c2cccc(O)c2)CC1. The second-order valence-corrected chi connectivity index (χ2v) is 8.23. The maximum atomic E-state index is 12.2. The molecule has 1 saturated heterocycles. The van der Waals surface area contributed by atoms with Crippen LogP contribution in [0.2, 0.25) is 0 Å². The number of hydrogen-bond acceptors (Lipinski definition) is 4. The van der Waals surface area contributed by atoms with E-state index in [1.54, 1.807) is 23.5 Å². The number of amides is 2. The van der Waals surface area contributed by atoms with Crippen LogP contribution >= 0.6 is 27.3 Å². The Morgan fingerprint density at radius 2 is 2.00 bits per heavy atom. The number of benzene rings is 1. The van der Waals surface area contributed by atoms with Crippen molar-refractivity contribution in [3.05, 3.63) is 45.1 Å². The molecule has 128 valence electrons. The topological polar surface area (TPSA) is 55.8 Å². The van der Waals surface area contributed by atoms with Crippen LogP contribution in [0.4, 0.5) is 10.5 Å². The average molecular weight is 410 g/mol. The van der Waals surface area contributed by atoms with Gasteiger partial charge in [-0.1, -0.05) is 6.07 Å². The molecule has 2 N–H and O–H groups in total. The molecular formula is C17H20BrN3O2S. The van der Waals surface area contributed by atoms with E-state index in [4.69, 9.17) is 0 Å². The normalized spacial score (nSPS) is 14.7. The Balaban J connectivity index is 1.43. The summed E-state index contributed by atoms with van der Waals surface area (Å²) in [6, 6.07) is 11.4. The predicted molar refractivity (Wildman–Crippen MR) is 101 cm³/mol. The molecule has 1 aliphatic rings. The van der Waals surface area contributed by atoms with E-state index in [0.29, 0.717) is 19.6 Å². The molecular weight excluding hydrogens is 390 g/mol. The molecule has 0 aliphatic carbocycles. The van der Waals surface area contributed by atoms with Gasteiger partial charge in [0.05, 0.1) is 3.79 Å². The maximum absolute atomic E-state index is 12.2. The quantitative estimate of drug-likeness (QED) is 0.814. The minimum atomic E-state index is 0.00109. The van der Waals surface area contributed by atoms with E-state index >= 15 is 0 Å². The lowest BCUT2D eigenvalue weighted by Crippen LogP contribution is -2.52. The third kappa shape index (κ3) is 4.42. The van der Waals surface area contributed by atoms with Crippen LogP contribution in [0.1, 0.15) is 4.88 Å². The number of anilines is 1. The van der Waals surface area contributed by atoms with E-state index in [1.165, 1.54) is 4.88 Å². The van der Waals surface area contributed by atoms with Crippen LogP contribution in [0.25, 0.3) is 0 Å². The van der Waals surface area contributed by atoms with Gasteiger partial charge in [-0.05, 0) is 46.6 Å². The fourth-order valence-corrected chi connectivity index (χ4v) is 4.23. The van der Waals surface area contributed by atoms with Gasteiger partial charge in [-0.25, -0.2) is 4.79 Å². The third-order valence-electron chi connectivity index (χ3n) is 4.04. The van der Waals surface area contributed by atoms with Gasteiger partial charge < -0.3 is 20.2 Å². The Morgan fingerprint density at radius 3 is 2.67 bits per heavy atom. The largest absolute Gasteiger partial charge is 0.508 e. The number of phenols is 1. The molecule has 1 aromatic heterocycles. The van der Waals surface area contributed by atoms with Gasteiger partial charge in [-0.3, -0.25) is 0 Å². The molecule has 0 unspecified atom stereocenters. The number of piperazine rings is 1. The molecule has 2 aromatic rings. The summed E-state index contributed by atoms with van der Waals surface area (Å²) in [4.78, 5) is 17.5. The van der Waals surface area contributed by atoms with Crippen molar-refractivity contribution < 1.29 is 9.90 Å². The Bertz CT molecular complexity index is 699. The van der Waals surface area contributed by atoms with Crippen LogP contribution in [-0.2, 0) is 6.42 Å². The summed E-state index contributed by atoms with van der Waals surface area (Å²) in [6.07, 6.45) is 0.852. The minimum Gasteiger partial charge on any atom is -0.508 e. The molecule has 5 nitrogen and oxygen atoms in total. The van der Waals surface area contributed by atoms with E-state index < -0.39 is 0 Å². The minimum absolute atomic E-state index is 0.00109. The number of carbonyl (C=O) groups is 1. The van der Waals surface area contributed by atoms with Gasteiger partial charge >= 0.3 is 6.03 Å². The standard InChI is InChI=1S/C17H20BrN3O2S/c18-16-5-4-15(24-16)6-7-19-17(23)21-10-8-20(9-11-21)13-2-1-3-14(22)12-13/h1-5,12,22H,6-11H2,(H,19,23). The van der Waals surface area contributed by atoms with Gasteiger partial charge in [0.25, 0.3) is 0 Å². The summed E-state index contributed by atoms with van der Waals surface area (Å²) in [5, 5.41) is 12.6. The Hall–Kier alpha value is -1.73. The summed E-state index contributed by atoms with van der Waals surface area (Å²) in [6.45, 7) is 3.57. The highest BCUT2D eigenvalue weighted by atomic mass is 79.9. The van der Waals surface area contributed by atoms with Crippen LogP contribution in [0, 0.1) is 0 Å². The smallest absolute Gasteiger partial charge is 0.317 e. The first-order chi connectivity index (χ1) is 11.6. The second kappa shape index (κ2) is 7.90. The molecule has 1 fully saturated rings. The summed E-state index contributed by atoms with van der Waals surface area (Å²) in [5.74, 6) is 0.271. The lowest BCUT2D eigenvalue weighted by atomic mass is 10.2. The number of halogens is 1. The van der Waals surface area contributed by atoms with Crippen LogP contribution in [-0.4, -0.2) is 48.8 Å². The van der Waals surface area contributed by atoms with Gasteiger partial charge in [-0.15, -0.1) is 11.3 Å². The highest BCUT2D eigenvalue weighted by Gasteiger charge is 2.21. The number of phenolic OH excluding ortho intramolecular Hbond substituents is 1. The lowest BCUT2D eigenvalue weighted by molar-refractivity contribution is 0.194. The van der Waals surface area contributed by atoms with E-state index in [0.717, 1.165) is 29.0 Å². The zero-order chi connectivity index (χ0) is 16.9. The zero-order valence-electron chi connectivity index (χ0n) is 13.2. The third-order valence-corrected chi connectivity index (χ3v) is 5.72. The van der Waals surface area contributed by atoms with Crippen molar-refractivity contribution in [3.8, 4) is 5.75 Å². The molecule has 0 bridgehead atoms.